The van der Waals surface area contributed by atoms with Gasteiger partial charge < -0.3 is 5.11 Å². The van der Waals surface area contributed by atoms with Gasteiger partial charge in [-0.3, -0.25) is 0 Å². The predicted octanol–water partition coefficient (Wildman–Crippen LogP) is 2.04. The smallest absolute Gasteiger partial charge is 0.0681 e. The zero-order chi connectivity index (χ0) is 7.40. The van der Waals surface area contributed by atoms with E-state index in [0.29, 0.717) is 0 Å². The maximum Gasteiger partial charge on any atom is 0.0681 e. The summed E-state index contributed by atoms with van der Waals surface area (Å²) in [5, 5.41) is 8.88. The second-order valence-corrected chi connectivity index (χ2v) is 2.55. The van der Waals surface area contributed by atoms with Crippen molar-refractivity contribution in [3.05, 3.63) is 23.3 Å². The second-order valence-electron chi connectivity index (χ2n) is 2.55. The molecule has 1 aliphatic carbocycles. The Balaban J connectivity index is 2.67. The van der Waals surface area contributed by atoms with Crippen LogP contribution in [-0.2, 0) is 0 Å². The van der Waals surface area contributed by atoms with Gasteiger partial charge in [0.25, 0.3) is 0 Å². The SMILES string of the molecule is CCC1=CCCC=C1CO. The van der Waals surface area contributed by atoms with Crippen molar-refractivity contribution in [3.8, 4) is 0 Å². The molecular formula is C9H14O. The minimum atomic E-state index is 0.208. The molecule has 0 saturated heterocycles. The summed E-state index contributed by atoms with van der Waals surface area (Å²) >= 11 is 0. The number of aliphatic hydroxyl groups excluding tert-OH is 1. The summed E-state index contributed by atoms with van der Waals surface area (Å²) in [6.45, 7) is 2.33. The molecule has 0 unspecified atom stereocenters. The van der Waals surface area contributed by atoms with Gasteiger partial charge in [-0.1, -0.05) is 19.1 Å². The standard InChI is InChI=1S/C9H14O/c1-2-8-5-3-4-6-9(8)7-10/h5-6,10H,2-4,7H2,1H3. The summed E-state index contributed by atoms with van der Waals surface area (Å²) in [5.41, 5.74) is 2.46. The van der Waals surface area contributed by atoms with Crippen LogP contribution in [0.3, 0.4) is 0 Å². The van der Waals surface area contributed by atoms with Gasteiger partial charge in [-0.05, 0) is 30.4 Å². The van der Waals surface area contributed by atoms with Crippen LogP contribution in [-0.4, -0.2) is 11.7 Å². The van der Waals surface area contributed by atoms with E-state index in [2.05, 4.69) is 19.1 Å². The fourth-order valence-electron chi connectivity index (χ4n) is 1.31. The van der Waals surface area contributed by atoms with Gasteiger partial charge in [0.1, 0.15) is 0 Å². The first-order valence-corrected chi connectivity index (χ1v) is 3.87. The number of allylic oxidation sites excluding steroid dienone is 2. The van der Waals surface area contributed by atoms with Crippen molar-refractivity contribution in [3.63, 3.8) is 0 Å². The molecule has 1 aliphatic rings. The highest BCUT2D eigenvalue weighted by atomic mass is 16.3. The van der Waals surface area contributed by atoms with E-state index < -0.39 is 0 Å². The monoisotopic (exact) mass is 138 g/mol. The Hall–Kier alpha value is -0.560. The van der Waals surface area contributed by atoms with E-state index in [1.807, 2.05) is 0 Å². The quantitative estimate of drug-likeness (QED) is 0.619. The lowest BCUT2D eigenvalue weighted by molar-refractivity contribution is 0.332. The molecule has 0 heterocycles. The third-order valence-electron chi connectivity index (χ3n) is 1.91. The summed E-state index contributed by atoms with van der Waals surface area (Å²) in [6.07, 6.45) is 7.66. The van der Waals surface area contributed by atoms with Crippen LogP contribution in [0.2, 0.25) is 0 Å². The molecule has 0 saturated carbocycles. The molecule has 56 valence electrons. The van der Waals surface area contributed by atoms with Gasteiger partial charge in [0.2, 0.25) is 0 Å². The average molecular weight is 138 g/mol. The summed E-state index contributed by atoms with van der Waals surface area (Å²) in [5.74, 6) is 0. The molecule has 0 bridgehead atoms. The molecule has 0 spiro atoms. The molecule has 1 heteroatoms. The van der Waals surface area contributed by atoms with E-state index in [0.717, 1.165) is 24.8 Å². The number of aliphatic hydroxyl groups is 1. The topological polar surface area (TPSA) is 20.2 Å². The largest absolute Gasteiger partial charge is 0.392 e. The molecule has 1 nitrogen and oxygen atoms in total. The molecule has 10 heavy (non-hydrogen) atoms. The molecule has 1 N–H and O–H groups in total. The van der Waals surface area contributed by atoms with Crippen molar-refractivity contribution < 1.29 is 5.11 Å². The lowest BCUT2D eigenvalue weighted by atomic mass is 9.97. The lowest BCUT2D eigenvalue weighted by Gasteiger charge is -2.11. The molecule has 0 aromatic carbocycles. The molecule has 0 atom stereocenters. The van der Waals surface area contributed by atoms with E-state index in [1.165, 1.54) is 5.57 Å². The first kappa shape index (κ1) is 7.55. The van der Waals surface area contributed by atoms with Gasteiger partial charge in [-0.15, -0.1) is 0 Å². The van der Waals surface area contributed by atoms with Gasteiger partial charge >= 0.3 is 0 Å². The third kappa shape index (κ3) is 1.48. The number of hydrogen-bond acceptors (Lipinski definition) is 1. The van der Waals surface area contributed by atoms with Crippen molar-refractivity contribution in [2.45, 2.75) is 26.2 Å². The Morgan fingerprint density at radius 3 is 2.30 bits per heavy atom. The highest BCUT2D eigenvalue weighted by molar-refractivity contribution is 5.33. The van der Waals surface area contributed by atoms with Crippen LogP contribution in [0.15, 0.2) is 23.3 Å². The minimum Gasteiger partial charge on any atom is -0.392 e. The highest BCUT2D eigenvalue weighted by Gasteiger charge is 2.04. The summed E-state index contributed by atoms with van der Waals surface area (Å²) in [7, 11) is 0. The van der Waals surface area contributed by atoms with E-state index in [9.17, 15) is 0 Å². The van der Waals surface area contributed by atoms with Gasteiger partial charge in [0.05, 0.1) is 6.61 Å². The Kier molecular flexibility index (Phi) is 2.69. The van der Waals surface area contributed by atoms with Gasteiger partial charge in [-0.25, -0.2) is 0 Å². The Bertz CT molecular complexity index is 146. The van der Waals surface area contributed by atoms with Crippen molar-refractivity contribution in [2.24, 2.45) is 0 Å². The lowest BCUT2D eigenvalue weighted by Crippen LogP contribution is -1.98. The Morgan fingerprint density at radius 2 is 1.90 bits per heavy atom. The van der Waals surface area contributed by atoms with E-state index in [-0.39, 0.29) is 6.61 Å². The van der Waals surface area contributed by atoms with Crippen LogP contribution in [0.25, 0.3) is 0 Å². The van der Waals surface area contributed by atoms with E-state index >= 15 is 0 Å². The van der Waals surface area contributed by atoms with Crippen LogP contribution < -0.4 is 0 Å². The van der Waals surface area contributed by atoms with E-state index in [1.54, 1.807) is 0 Å². The number of rotatable bonds is 2. The molecule has 1 rings (SSSR count). The molecule has 0 amide bonds. The fourth-order valence-corrected chi connectivity index (χ4v) is 1.31. The Labute approximate surface area is 62.1 Å². The van der Waals surface area contributed by atoms with Crippen molar-refractivity contribution in [1.82, 2.24) is 0 Å². The zero-order valence-electron chi connectivity index (χ0n) is 6.43. The summed E-state index contributed by atoms with van der Waals surface area (Å²) < 4.78 is 0. The van der Waals surface area contributed by atoms with Crippen molar-refractivity contribution in [1.29, 1.82) is 0 Å². The van der Waals surface area contributed by atoms with Crippen LogP contribution in [0.5, 0.6) is 0 Å². The second kappa shape index (κ2) is 3.57. The minimum absolute atomic E-state index is 0.208. The summed E-state index contributed by atoms with van der Waals surface area (Å²) in [4.78, 5) is 0. The molecule has 0 aliphatic heterocycles. The molecule has 0 aromatic rings. The Morgan fingerprint density at radius 1 is 1.30 bits per heavy atom. The van der Waals surface area contributed by atoms with Crippen LogP contribution >= 0.6 is 0 Å². The van der Waals surface area contributed by atoms with Crippen LogP contribution in [0, 0.1) is 0 Å². The molecule has 0 fully saturated rings. The maximum atomic E-state index is 8.88. The third-order valence-corrected chi connectivity index (χ3v) is 1.91. The van der Waals surface area contributed by atoms with Gasteiger partial charge in [0.15, 0.2) is 0 Å². The predicted molar refractivity (Wildman–Crippen MR) is 42.8 cm³/mol. The van der Waals surface area contributed by atoms with Crippen LogP contribution in [0.1, 0.15) is 26.2 Å². The van der Waals surface area contributed by atoms with Crippen LogP contribution in [0.4, 0.5) is 0 Å². The first-order valence-electron chi connectivity index (χ1n) is 3.87. The van der Waals surface area contributed by atoms with Crippen molar-refractivity contribution in [2.75, 3.05) is 6.61 Å². The van der Waals surface area contributed by atoms with Gasteiger partial charge in [0, 0.05) is 0 Å². The molecule has 0 aromatic heterocycles. The van der Waals surface area contributed by atoms with E-state index in [4.69, 9.17) is 5.11 Å². The summed E-state index contributed by atoms with van der Waals surface area (Å²) in [6, 6.07) is 0. The molecular weight excluding hydrogens is 124 g/mol. The van der Waals surface area contributed by atoms with Gasteiger partial charge in [-0.2, -0.15) is 0 Å². The fraction of sp³-hybridized carbons (Fsp3) is 0.556. The number of hydrogen-bond donors (Lipinski definition) is 1. The van der Waals surface area contributed by atoms with Crippen molar-refractivity contribution >= 4 is 0 Å². The normalized spacial score (nSPS) is 18.2. The average Bonchev–Trinajstić information content (AvgIpc) is 2.04. The zero-order valence-corrected chi connectivity index (χ0v) is 6.43. The first-order chi connectivity index (χ1) is 4.88. The highest BCUT2D eigenvalue weighted by Crippen LogP contribution is 2.20. The maximum absolute atomic E-state index is 8.88. The molecule has 0 radical (unpaired) electrons.